The molecule has 2 bridgehead atoms. The highest BCUT2D eigenvalue weighted by atomic mass is 16.2. The van der Waals surface area contributed by atoms with Crippen molar-refractivity contribution in [3.8, 4) is 11.1 Å². The van der Waals surface area contributed by atoms with Gasteiger partial charge in [0.2, 0.25) is 0 Å². The standard InChI is InChI=1S/C21H19NO2/c1-10-4-5-13-16-11(2)9-22-12(3)18(16)21-7-6-15(23)14(8-21)20(24)17(10)19(13)21/h4-5,9,14H,6-8H2,1-3H3. The van der Waals surface area contributed by atoms with Crippen LogP contribution in [0.4, 0.5) is 0 Å². The highest BCUT2D eigenvalue weighted by molar-refractivity contribution is 6.16. The molecule has 3 aliphatic carbocycles. The van der Waals surface area contributed by atoms with Crippen LogP contribution in [-0.4, -0.2) is 16.6 Å². The fraction of sp³-hybridized carbons (Fsp3) is 0.381. The van der Waals surface area contributed by atoms with E-state index in [1.165, 1.54) is 22.3 Å². The molecule has 0 amide bonds. The predicted octanol–water partition coefficient (Wildman–Crippen LogP) is 3.84. The van der Waals surface area contributed by atoms with E-state index in [9.17, 15) is 9.59 Å². The van der Waals surface area contributed by atoms with Gasteiger partial charge in [-0.3, -0.25) is 14.6 Å². The van der Waals surface area contributed by atoms with Gasteiger partial charge in [0, 0.05) is 29.3 Å². The summed E-state index contributed by atoms with van der Waals surface area (Å²) in [5.41, 5.74) is 8.72. The van der Waals surface area contributed by atoms with Gasteiger partial charge in [-0.1, -0.05) is 12.1 Å². The second-order valence-electron chi connectivity index (χ2n) is 7.63. The van der Waals surface area contributed by atoms with Crippen molar-refractivity contribution in [2.75, 3.05) is 0 Å². The summed E-state index contributed by atoms with van der Waals surface area (Å²) in [5, 5.41) is 0. The Labute approximate surface area is 141 Å². The lowest BCUT2D eigenvalue weighted by atomic mass is 9.57. The normalized spacial score (nSPS) is 26.4. The molecule has 5 rings (SSSR count). The zero-order valence-corrected chi connectivity index (χ0v) is 14.2. The largest absolute Gasteiger partial charge is 0.299 e. The van der Waals surface area contributed by atoms with Crippen LogP contribution in [0.2, 0.25) is 0 Å². The maximum atomic E-state index is 13.1. The number of aryl methyl sites for hydroxylation is 3. The van der Waals surface area contributed by atoms with Crippen LogP contribution < -0.4 is 0 Å². The number of ketones is 2. The molecule has 2 atom stereocenters. The van der Waals surface area contributed by atoms with Crippen molar-refractivity contribution < 1.29 is 9.59 Å². The summed E-state index contributed by atoms with van der Waals surface area (Å²) in [4.78, 5) is 30.1. The number of hydrogen-bond donors (Lipinski definition) is 0. The Hall–Kier alpha value is -2.29. The number of carbonyl (C=O) groups is 2. The number of carbonyl (C=O) groups excluding carboxylic acids is 2. The van der Waals surface area contributed by atoms with Gasteiger partial charge < -0.3 is 0 Å². The Kier molecular flexibility index (Phi) is 2.47. The fourth-order valence-corrected chi connectivity index (χ4v) is 5.43. The van der Waals surface area contributed by atoms with E-state index < -0.39 is 5.92 Å². The van der Waals surface area contributed by atoms with Crippen molar-refractivity contribution in [2.24, 2.45) is 5.92 Å². The second kappa shape index (κ2) is 4.21. The van der Waals surface area contributed by atoms with Crippen molar-refractivity contribution in [3.63, 3.8) is 0 Å². The smallest absolute Gasteiger partial charge is 0.173 e. The summed E-state index contributed by atoms with van der Waals surface area (Å²) in [6.07, 6.45) is 3.86. The van der Waals surface area contributed by atoms with E-state index >= 15 is 0 Å². The molecule has 0 aliphatic heterocycles. The molecule has 2 aromatic rings. The molecule has 1 heterocycles. The highest BCUT2D eigenvalue weighted by Gasteiger charge is 2.56. The Bertz CT molecular complexity index is 972. The van der Waals surface area contributed by atoms with Gasteiger partial charge in [-0.25, -0.2) is 0 Å². The molecule has 120 valence electrons. The topological polar surface area (TPSA) is 47.0 Å². The van der Waals surface area contributed by atoms with Crippen LogP contribution in [0.5, 0.6) is 0 Å². The zero-order valence-electron chi connectivity index (χ0n) is 14.2. The molecule has 2 unspecified atom stereocenters. The van der Waals surface area contributed by atoms with Crippen molar-refractivity contribution >= 4 is 11.6 Å². The maximum Gasteiger partial charge on any atom is 0.173 e. The number of rotatable bonds is 0. The number of pyridine rings is 1. The summed E-state index contributed by atoms with van der Waals surface area (Å²) in [7, 11) is 0. The highest BCUT2D eigenvalue weighted by Crippen LogP contribution is 2.61. The SMILES string of the molecule is Cc1ccc2c3c1C(=O)C1CC3(CCC1=O)c1c(C)ncc(C)c1-2. The second-order valence-corrected chi connectivity index (χ2v) is 7.63. The summed E-state index contributed by atoms with van der Waals surface area (Å²) >= 11 is 0. The molecule has 1 saturated carbocycles. The molecule has 24 heavy (non-hydrogen) atoms. The van der Waals surface area contributed by atoms with Gasteiger partial charge in [0.25, 0.3) is 0 Å². The van der Waals surface area contributed by atoms with Gasteiger partial charge in [0.15, 0.2) is 5.78 Å². The lowest BCUT2D eigenvalue weighted by Crippen LogP contribution is -2.46. The third-order valence-electron chi connectivity index (χ3n) is 6.40. The lowest BCUT2D eigenvalue weighted by molar-refractivity contribution is -0.124. The Morgan fingerprint density at radius 2 is 1.83 bits per heavy atom. The molecule has 1 aromatic carbocycles. The number of benzene rings is 1. The van der Waals surface area contributed by atoms with Gasteiger partial charge in [-0.2, -0.15) is 0 Å². The number of Topliss-reactive ketones (excluding diaryl/α,β-unsaturated/α-hetero) is 2. The van der Waals surface area contributed by atoms with E-state index in [1.54, 1.807) is 0 Å². The summed E-state index contributed by atoms with van der Waals surface area (Å²) < 4.78 is 0. The van der Waals surface area contributed by atoms with Crippen LogP contribution in [-0.2, 0) is 10.2 Å². The van der Waals surface area contributed by atoms with Crippen molar-refractivity contribution in [1.29, 1.82) is 0 Å². The minimum atomic E-state index is -0.467. The minimum Gasteiger partial charge on any atom is -0.299 e. The van der Waals surface area contributed by atoms with E-state index in [0.29, 0.717) is 12.8 Å². The van der Waals surface area contributed by atoms with Crippen LogP contribution in [0.15, 0.2) is 18.3 Å². The lowest BCUT2D eigenvalue weighted by Gasteiger charge is -2.44. The van der Waals surface area contributed by atoms with Gasteiger partial charge in [0.05, 0.1) is 5.92 Å². The first-order valence-corrected chi connectivity index (χ1v) is 8.64. The quantitative estimate of drug-likeness (QED) is 0.694. The van der Waals surface area contributed by atoms with E-state index in [-0.39, 0.29) is 17.0 Å². The van der Waals surface area contributed by atoms with Crippen LogP contribution in [0.25, 0.3) is 11.1 Å². The predicted molar refractivity (Wildman–Crippen MR) is 91.3 cm³/mol. The minimum absolute atomic E-state index is 0.0424. The van der Waals surface area contributed by atoms with Gasteiger partial charge in [-0.15, -0.1) is 0 Å². The maximum absolute atomic E-state index is 13.1. The van der Waals surface area contributed by atoms with Crippen molar-refractivity contribution in [2.45, 2.75) is 45.4 Å². The molecular formula is C21H19NO2. The zero-order chi connectivity index (χ0) is 16.8. The molecule has 0 N–H and O–H groups in total. The molecule has 1 aromatic heterocycles. The van der Waals surface area contributed by atoms with Crippen molar-refractivity contribution in [1.82, 2.24) is 4.98 Å². The van der Waals surface area contributed by atoms with Crippen LogP contribution >= 0.6 is 0 Å². The Morgan fingerprint density at radius 1 is 1.04 bits per heavy atom. The summed E-state index contributed by atoms with van der Waals surface area (Å²) in [6, 6.07) is 4.20. The van der Waals surface area contributed by atoms with E-state index in [2.05, 4.69) is 24.9 Å². The number of nitrogens with zero attached hydrogens (tertiary/aromatic N) is 1. The van der Waals surface area contributed by atoms with Crippen molar-refractivity contribution in [3.05, 3.63) is 51.8 Å². The Balaban J connectivity index is 1.99. The van der Waals surface area contributed by atoms with Gasteiger partial charge in [0.1, 0.15) is 5.78 Å². The molecule has 0 radical (unpaired) electrons. The van der Waals surface area contributed by atoms with E-state index in [1.807, 2.05) is 19.2 Å². The van der Waals surface area contributed by atoms with Crippen LogP contribution in [0.1, 0.15) is 57.6 Å². The molecule has 1 spiro atoms. The molecule has 1 fully saturated rings. The Morgan fingerprint density at radius 3 is 2.62 bits per heavy atom. The molecule has 3 nitrogen and oxygen atoms in total. The first kappa shape index (κ1) is 14.1. The summed E-state index contributed by atoms with van der Waals surface area (Å²) in [6.45, 7) is 6.15. The van der Waals surface area contributed by atoms with Gasteiger partial charge >= 0.3 is 0 Å². The third kappa shape index (κ3) is 1.38. The van der Waals surface area contributed by atoms with Crippen LogP contribution in [0.3, 0.4) is 0 Å². The van der Waals surface area contributed by atoms with E-state index in [4.69, 9.17) is 0 Å². The summed E-state index contributed by atoms with van der Waals surface area (Å²) in [5.74, 6) is -0.306. The fourth-order valence-electron chi connectivity index (χ4n) is 5.43. The number of hydrogen-bond acceptors (Lipinski definition) is 3. The third-order valence-corrected chi connectivity index (χ3v) is 6.40. The van der Waals surface area contributed by atoms with E-state index in [0.717, 1.165) is 28.8 Å². The van der Waals surface area contributed by atoms with Crippen LogP contribution in [0, 0.1) is 26.7 Å². The van der Waals surface area contributed by atoms with Gasteiger partial charge in [-0.05, 0) is 67.0 Å². The molecule has 3 aliphatic rings. The molecular weight excluding hydrogens is 298 g/mol. The average molecular weight is 317 g/mol. The number of fused-ring (bicyclic) bond motifs is 3. The average Bonchev–Trinajstić information content (AvgIpc) is 2.85. The first-order chi connectivity index (χ1) is 11.5. The monoisotopic (exact) mass is 317 g/mol. The number of aromatic nitrogens is 1. The first-order valence-electron chi connectivity index (χ1n) is 8.64. The molecule has 0 saturated heterocycles. The molecule has 3 heteroatoms.